The smallest absolute Gasteiger partial charge is 0.0918 e. The summed E-state index contributed by atoms with van der Waals surface area (Å²) in [7, 11) is 2.22. The molecule has 1 saturated heterocycles. The topological polar surface area (TPSA) is 46.0 Å². The number of fused-ring (bicyclic) bond motifs is 3. The Labute approximate surface area is 183 Å². The third-order valence-corrected chi connectivity index (χ3v) is 6.87. The van der Waals surface area contributed by atoms with Crippen LogP contribution in [0.4, 0.5) is 5.69 Å². The lowest BCUT2D eigenvalue weighted by molar-refractivity contribution is 0.255. The third-order valence-electron chi connectivity index (χ3n) is 6.61. The number of benzene rings is 2. The predicted molar refractivity (Wildman–Crippen MR) is 122 cm³/mol. The number of hydrogen-bond acceptors (Lipinski definition) is 4. The van der Waals surface area contributed by atoms with E-state index in [1.807, 2.05) is 12.1 Å². The molecule has 6 heteroatoms. The first kappa shape index (κ1) is 19.6. The summed E-state index contributed by atoms with van der Waals surface area (Å²) in [6.07, 6.45) is 3.41. The molecular weight excluding hydrogens is 394 g/mol. The van der Waals surface area contributed by atoms with E-state index in [0.717, 1.165) is 35.1 Å². The molecule has 0 spiro atoms. The molecule has 1 fully saturated rings. The maximum Gasteiger partial charge on any atom is 0.0918 e. The fourth-order valence-corrected chi connectivity index (χ4v) is 5.00. The Kier molecular flexibility index (Phi) is 5.25. The number of nitrogens with one attached hydrogen (secondary N) is 1. The molecule has 0 radical (unpaired) electrons. The number of aryl methyl sites for hydroxylation is 2. The monoisotopic (exact) mass is 421 g/mol. The Hall–Kier alpha value is -2.37. The van der Waals surface area contributed by atoms with Crippen LogP contribution in [0, 0.1) is 6.92 Å². The summed E-state index contributed by atoms with van der Waals surface area (Å²) in [4.78, 5) is 2.43. The van der Waals surface area contributed by atoms with Crippen LogP contribution in [0.25, 0.3) is 11.3 Å². The second kappa shape index (κ2) is 8.05. The summed E-state index contributed by atoms with van der Waals surface area (Å²) in [5.41, 5.74) is 7.30. The lowest BCUT2D eigenvalue weighted by Gasteiger charge is -2.30. The lowest BCUT2D eigenvalue weighted by atomic mass is 9.85. The van der Waals surface area contributed by atoms with E-state index >= 15 is 0 Å². The van der Waals surface area contributed by atoms with Crippen LogP contribution in [0.2, 0.25) is 5.02 Å². The van der Waals surface area contributed by atoms with E-state index in [9.17, 15) is 0 Å². The molecule has 1 atom stereocenters. The summed E-state index contributed by atoms with van der Waals surface area (Å²) in [6, 6.07) is 15.3. The van der Waals surface area contributed by atoms with Crippen molar-refractivity contribution in [2.75, 3.05) is 25.5 Å². The molecule has 1 aromatic heterocycles. The Bertz CT molecular complexity index is 1030. The van der Waals surface area contributed by atoms with E-state index in [2.05, 4.69) is 69.5 Å². The van der Waals surface area contributed by atoms with Gasteiger partial charge >= 0.3 is 0 Å². The minimum absolute atomic E-state index is 0.216. The molecule has 5 nitrogen and oxygen atoms in total. The van der Waals surface area contributed by atoms with E-state index < -0.39 is 0 Å². The van der Waals surface area contributed by atoms with Crippen LogP contribution in [-0.2, 0) is 6.54 Å². The van der Waals surface area contributed by atoms with Crippen molar-refractivity contribution in [1.82, 2.24) is 19.9 Å². The number of aromatic nitrogens is 3. The Balaban J connectivity index is 1.54. The average Bonchev–Trinajstić information content (AvgIpc) is 3.05. The van der Waals surface area contributed by atoms with Crippen molar-refractivity contribution in [2.45, 2.75) is 44.7 Å². The van der Waals surface area contributed by atoms with Gasteiger partial charge in [-0.2, -0.15) is 0 Å². The lowest BCUT2D eigenvalue weighted by Crippen LogP contribution is -2.29. The molecule has 156 valence electrons. The van der Waals surface area contributed by atoms with Crippen LogP contribution in [0.3, 0.4) is 0 Å². The zero-order chi connectivity index (χ0) is 20.7. The SMILES string of the molecule is Cc1nnn2c1-c1ccc(C3CCN(C)CC3)cc1C(Nc1ccc(Cl)cc1)CC2. The van der Waals surface area contributed by atoms with Gasteiger partial charge in [0.25, 0.3) is 0 Å². The van der Waals surface area contributed by atoms with Gasteiger partial charge in [-0.3, -0.25) is 0 Å². The quantitative estimate of drug-likeness (QED) is 0.625. The molecular formula is C24H28ClN5. The molecule has 0 aliphatic carbocycles. The summed E-state index contributed by atoms with van der Waals surface area (Å²) >= 11 is 6.09. The molecule has 1 unspecified atom stereocenters. The number of halogens is 1. The Morgan fingerprint density at radius 3 is 2.53 bits per heavy atom. The van der Waals surface area contributed by atoms with Gasteiger partial charge in [-0.1, -0.05) is 35.0 Å². The first-order valence-electron chi connectivity index (χ1n) is 10.8. The predicted octanol–water partition coefficient (Wildman–Crippen LogP) is 5.27. The highest BCUT2D eigenvalue weighted by Crippen LogP contribution is 2.39. The first-order valence-corrected chi connectivity index (χ1v) is 11.2. The van der Waals surface area contributed by atoms with Gasteiger partial charge in [0, 0.05) is 22.8 Å². The van der Waals surface area contributed by atoms with Crippen molar-refractivity contribution in [1.29, 1.82) is 0 Å². The van der Waals surface area contributed by atoms with Gasteiger partial charge < -0.3 is 10.2 Å². The Morgan fingerprint density at radius 1 is 1.00 bits per heavy atom. The number of hydrogen-bond donors (Lipinski definition) is 1. The standard InChI is InChI=1S/C24H28ClN5/c1-16-24-21-8-3-18(17-9-12-29(2)13-10-17)15-22(21)23(11-14-30(24)28-27-16)26-20-6-4-19(25)5-7-20/h3-8,15,17,23,26H,9-14H2,1-2H3. The molecule has 3 heterocycles. The van der Waals surface area contributed by atoms with Crippen molar-refractivity contribution in [3.8, 4) is 11.3 Å². The molecule has 0 saturated carbocycles. The maximum absolute atomic E-state index is 6.09. The fraction of sp³-hybridized carbons (Fsp3) is 0.417. The van der Waals surface area contributed by atoms with Crippen molar-refractivity contribution < 1.29 is 0 Å². The zero-order valence-electron chi connectivity index (χ0n) is 17.6. The van der Waals surface area contributed by atoms with Crippen LogP contribution in [0.1, 0.15) is 48.0 Å². The molecule has 30 heavy (non-hydrogen) atoms. The molecule has 5 rings (SSSR count). The third kappa shape index (κ3) is 3.72. The van der Waals surface area contributed by atoms with Gasteiger partial charge in [-0.15, -0.1) is 5.10 Å². The van der Waals surface area contributed by atoms with Crippen molar-refractivity contribution in [3.63, 3.8) is 0 Å². The molecule has 3 aromatic rings. The van der Waals surface area contributed by atoms with Gasteiger partial charge in [-0.25, -0.2) is 4.68 Å². The maximum atomic E-state index is 6.09. The number of likely N-dealkylation sites (tertiary alicyclic amines) is 1. The van der Waals surface area contributed by atoms with Crippen molar-refractivity contribution in [3.05, 3.63) is 64.3 Å². The van der Waals surface area contributed by atoms with Crippen molar-refractivity contribution in [2.24, 2.45) is 0 Å². The van der Waals surface area contributed by atoms with E-state index in [4.69, 9.17) is 11.6 Å². The summed E-state index contributed by atoms with van der Waals surface area (Å²) < 4.78 is 2.06. The number of piperidine rings is 1. The second-order valence-corrected chi connectivity index (χ2v) is 9.10. The van der Waals surface area contributed by atoms with Crippen LogP contribution in [-0.4, -0.2) is 40.0 Å². The molecule has 0 bridgehead atoms. The van der Waals surface area contributed by atoms with Gasteiger partial charge in [-0.05, 0) is 87.6 Å². The number of nitrogens with zero attached hydrogens (tertiary/aromatic N) is 4. The van der Waals surface area contributed by atoms with Gasteiger partial charge in [0.15, 0.2) is 0 Å². The van der Waals surface area contributed by atoms with Gasteiger partial charge in [0.2, 0.25) is 0 Å². The second-order valence-electron chi connectivity index (χ2n) is 8.66. The summed E-state index contributed by atoms with van der Waals surface area (Å²) in [5, 5.41) is 13.3. The average molecular weight is 422 g/mol. The summed E-state index contributed by atoms with van der Waals surface area (Å²) in [5.74, 6) is 0.634. The largest absolute Gasteiger partial charge is 0.378 e. The zero-order valence-corrected chi connectivity index (χ0v) is 18.4. The minimum atomic E-state index is 0.216. The highest BCUT2D eigenvalue weighted by molar-refractivity contribution is 6.30. The Morgan fingerprint density at radius 2 is 1.77 bits per heavy atom. The van der Waals surface area contributed by atoms with E-state index in [1.54, 1.807) is 0 Å². The highest BCUT2D eigenvalue weighted by atomic mass is 35.5. The van der Waals surface area contributed by atoms with E-state index in [0.29, 0.717) is 5.92 Å². The minimum Gasteiger partial charge on any atom is -0.378 e. The number of rotatable bonds is 3. The summed E-state index contributed by atoms with van der Waals surface area (Å²) in [6.45, 7) is 5.24. The van der Waals surface area contributed by atoms with Crippen LogP contribution >= 0.6 is 11.6 Å². The molecule has 2 aliphatic rings. The van der Waals surface area contributed by atoms with E-state index in [1.165, 1.54) is 42.6 Å². The molecule has 1 N–H and O–H groups in total. The van der Waals surface area contributed by atoms with E-state index in [-0.39, 0.29) is 6.04 Å². The van der Waals surface area contributed by atoms with Gasteiger partial charge in [0.1, 0.15) is 0 Å². The normalized spacial score (nSPS) is 19.8. The van der Waals surface area contributed by atoms with Crippen LogP contribution in [0.15, 0.2) is 42.5 Å². The van der Waals surface area contributed by atoms with Crippen molar-refractivity contribution >= 4 is 17.3 Å². The first-order chi connectivity index (χ1) is 14.6. The molecule has 0 amide bonds. The molecule has 2 aromatic carbocycles. The van der Waals surface area contributed by atoms with Gasteiger partial charge in [0.05, 0.1) is 17.4 Å². The van der Waals surface area contributed by atoms with Crippen LogP contribution in [0.5, 0.6) is 0 Å². The fourth-order valence-electron chi connectivity index (χ4n) is 4.88. The van der Waals surface area contributed by atoms with Crippen LogP contribution < -0.4 is 5.32 Å². The molecule has 2 aliphatic heterocycles. The number of anilines is 1. The highest BCUT2D eigenvalue weighted by Gasteiger charge is 2.27.